The van der Waals surface area contributed by atoms with E-state index in [2.05, 4.69) is 16.9 Å². The smallest absolute Gasteiger partial charge is 0.319 e. The molecule has 130 valence electrons. The van der Waals surface area contributed by atoms with Crippen LogP contribution in [0.1, 0.15) is 56.4 Å². The summed E-state index contributed by atoms with van der Waals surface area (Å²) < 4.78 is 5.38. The number of hydrogen-bond donors (Lipinski definition) is 0. The molecule has 0 aliphatic heterocycles. The van der Waals surface area contributed by atoms with Gasteiger partial charge in [0.1, 0.15) is 21.4 Å². The lowest BCUT2D eigenvalue weighted by molar-refractivity contribution is -0.142. The van der Waals surface area contributed by atoms with Gasteiger partial charge in [-0.05, 0) is 44.6 Å². The Balaban J connectivity index is 1.72. The highest BCUT2D eigenvalue weighted by molar-refractivity contribution is 8.00. The second-order valence-corrected chi connectivity index (χ2v) is 8.62. The SMILES string of the molecule is CCCCCOC(=O)[C@@H](C)Sc1ncnc2sc3c(c12)CCCC3. The van der Waals surface area contributed by atoms with E-state index in [0.29, 0.717) is 6.61 Å². The van der Waals surface area contributed by atoms with E-state index in [0.717, 1.165) is 42.0 Å². The average molecular weight is 365 g/mol. The van der Waals surface area contributed by atoms with E-state index < -0.39 is 0 Å². The quantitative estimate of drug-likeness (QED) is 0.306. The molecule has 24 heavy (non-hydrogen) atoms. The topological polar surface area (TPSA) is 52.1 Å². The fourth-order valence-corrected chi connectivity index (χ4v) is 5.25. The van der Waals surface area contributed by atoms with Crippen molar-refractivity contribution in [2.24, 2.45) is 0 Å². The molecule has 0 radical (unpaired) electrons. The van der Waals surface area contributed by atoms with E-state index >= 15 is 0 Å². The lowest BCUT2D eigenvalue weighted by Crippen LogP contribution is -2.17. The zero-order valence-electron chi connectivity index (χ0n) is 14.3. The highest BCUT2D eigenvalue weighted by atomic mass is 32.2. The minimum Gasteiger partial charge on any atom is -0.465 e. The van der Waals surface area contributed by atoms with Crippen molar-refractivity contribution in [3.05, 3.63) is 16.8 Å². The average Bonchev–Trinajstić information content (AvgIpc) is 2.98. The molecular weight excluding hydrogens is 340 g/mol. The third kappa shape index (κ3) is 3.91. The van der Waals surface area contributed by atoms with Crippen molar-refractivity contribution >= 4 is 39.3 Å². The number of thioether (sulfide) groups is 1. The van der Waals surface area contributed by atoms with Gasteiger partial charge in [-0.2, -0.15) is 0 Å². The Hall–Kier alpha value is -1.14. The molecule has 0 fully saturated rings. The molecule has 2 aromatic rings. The Morgan fingerprint density at radius 1 is 1.33 bits per heavy atom. The van der Waals surface area contributed by atoms with E-state index in [9.17, 15) is 4.79 Å². The Labute approximate surface area is 151 Å². The van der Waals surface area contributed by atoms with Crippen LogP contribution in [0.25, 0.3) is 10.2 Å². The maximum atomic E-state index is 12.2. The van der Waals surface area contributed by atoms with Crippen LogP contribution < -0.4 is 0 Å². The number of carbonyl (C=O) groups is 1. The van der Waals surface area contributed by atoms with E-state index in [-0.39, 0.29) is 11.2 Å². The third-order valence-corrected chi connectivity index (χ3v) is 6.61. The molecule has 3 rings (SSSR count). The molecule has 0 saturated heterocycles. The molecule has 0 spiro atoms. The van der Waals surface area contributed by atoms with Crippen molar-refractivity contribution in [1.82, 2.24) is 9.97 Å². The van der Waals surface area contributed by atoms with Crippen molar-refractivity contribution in [2.75, 3.05) is 6.61 Å². The minimum absolute atomic E-state index is 0.146. The molecule has 1 atom stereocenters. The molecule has 2 heterocycles. The number of carbonyl (C=O) groups excluding carboxylic acids is 1. The summed E-state index contributed by atoms with van der Waals surface area (Å²) in [5.41, 5.74) is 1.41. The molecule has 0 saturated carbocycles. The van der Waals surface area contributed by atoms with Crippen LogP contribution in [0.5, 0.6) is 0 Å². The van der Waals surface area contributed by atoms with Crippen LogP contribution in [0.2, 0.25) is 0 Å². The first kappa shape index (κ1) is 17.7. The zero-order valence-corrected chi connectivity index (χ0v) is 16.0. The summed E-state index contributed by atoms with van der Waals surface area (Å²) >= 11 is 3.29. The standard InChI is InChI=1S/C18H24N2O2S2/c1-3-4-7-10-22-18(21)12(2)23-16-15-13-8-5-6-9-14(13)24-17(15)20-11-19-16/h11-12H,3-10H2,1-2H3/t12-/m1/s1. The second-order valence-electron chi connectivity index (χ2n) is 6.20. The summed E-state index contributed by atoms with van der Waals surface area (Å²) in [5.74, 6) is -0.146. The van der Waals surface area contributed by atoms with Crippen molar-refractivity contribution in [3.8, 4) is 0 Å². The van der Waals surface area contributed by atoms with Gasteiger partial charge in [0.25, 0.3) is 0 Å². The van der Waals surface area contributed by atoms with Crippen LogP contribution in [0, 0.1) is 0 Å². The molecule has 0 amide bonds. The lowest BCUT2D eigenvalue weighted by Gasteiger charge is -2.13. The first-order valence-electron chi connectivity index (χ1n) is 8.79. The van der Waals surface area contributed by atoms with Crippen LogP contribution in [0.4, 0.5) is 0 Å². The summed E-state index contributed by atoms with van der Waals surface area (Å²) in [6.07, 6.45) is 9.53. The highest BCUT2D eigenvalue weighted by Crippen LogP contribution is 2.40. The summed E-state index contributed by atoms with van der Waals surface area (Å²) in [7, 11) is 0. The summed E-state index contributed by atoms with van der Waals surface area (Å²) in [5, 5.41) is 1.86. The van der Waals surface area contributed by atoms with Gasteiger partial charge in [-0.3, -0.25) is 4.79 Å². The van der Waals surface area contributed by atoms with E-state index in [1.54, 1.807) is 17.7 Å². The number of rotatable bonds is 7. The Kier molecular flexibility index (Phi) is 6.11. The van der Waals surface area contributed by atoms with Crippen molar-refractivity contribution in [1.29, 1.82) is 0 Å². The Bertz CT molecular complexity index is 714. The Morgan fingerprint density at radius 3 is 3.00 bits per heavy atom. The zero-order chi connectivity index (χ0) is 16.9. The predicted octanol–water partition coefficient (Wildman–Crippen LogP) is 4.78. The molecule has 0 aromatic carbocycles. The predicted molar refractivity (Wildman–Crippen MR) is 99.9 cm³/mol. The fourth-order valence-electron chi connectivity index (χ4n) is 3.01. The summed E-state index contributed by atoms with van der Waals surface area (Å²) in [4.78, 5) is 23.6. The van der Waals surface area contributed by atoms with E-state index in [4.69, 9.17) is 4.74 Å². The number of thiophene rings is 1. The summed E-state index contributed by atoms with van der Waals surface area (Å²) in [6, 6.07) is 0. The number of fused-ring (bicyclic) bond motifs is 3. The van der Waals surface area contributed by atoms with Gasteiger partial charge in [-0.15, -0.1) is 11.3 Å². The largest absolute Gasteiger partial charge is 0.465 e. The number of hydrogen-bond acceptors (Lipinski definition) is 6. The van der Waals surface area contributed by atoms with Crippen molar-refractivity contribution in [2.45, 2.75) is 69.1 Å². The number of ether oxygens (including phenoxy) is 1. The molecule has 0 unspecified atom stereocenters. The van der Waals surface area contributed by atoms with E-state index in [1.807, 2.05) is 6.92 Å². The first-order valence-corrected chi connectivity index (χ1v) is 10.5. The molecule has 6 heteroatoms. The number of esters is 1. The third-order valence-electron chi connectivity index (χ3n) is 4.33. The molecule has 0 bridgehead atoms. The monoisotopic (exact) mass is 364 g/mol. The van der Waals surface area contributed by atoms with Crippen LogP contribution in [-0.2, 0) is 22.4 Å². The van der Waals surface area contributed by atoms with Gasteiger partial charge in [0.2, 0.25) is 0 Å². The van der Waals surface area contributed by atoms with Crippen LogP contribution in [0.15, 0.2) is 11.4 Å². The molecule has 0 N–H and O–H groups in total. The van der Waals surface area contributed by atoms with Crippen LogP contribution in [0.3, 0.4) is 0 Å². The molecule has 4 nitrogen and oxygen atoms in total. The molecule has 2 aromatic heterocycles. The molecular formula is C18H24N2O2S2. The van der Waals surface area contributed by atoms with Crippen molar-refractivity contribution in [3.63, 3.8) is 0 Å². The van der Waals surface area contributed by atoms with Gasteiger partial charge >= 0.3 is 5.97 Å². The normalized spacial score (nSPS) is 15.2. The van der Waals surface area contributed by atoms with E-state index in [1.165, 1.54) is 40.4 Å². The minimum atomic E-state index is -0.246. The molecule has 1 aliphatic rings. The van der Waals surface area contributed by atoms with Gasteiger partial charge in [0, 0.05) is 10.3 Å². The van der Waals surface area contributed by atoms with Gasteiger partial charge in [-0.1, -0.05) is 31.5 Å². The first-order chi connectivity index (χ1) is 11.7. The fraction of sp³-hybridized carbons (Fsp3) is 0.611. The molecule has 1 aliphatic carbocycles. The second kappa shape index (κ2) is 8.30. The maximum absolute atomic E-state index is 12.2. The number of unbranched alkanes of at least 4 members (excludes halogenated alkanes) is 2. The number of aryl methyl sites for hydroxylation is 2. The van der Waals surface area contributed by atoms with Gasteiger partial charge in [-0.25, -0.2) is 9.97 Å². The van der Waals surface area contributed by atoms with Crippen LogP contribution in [-0.4, -0.2) is 27.8 Å². The maximum Gasteiger partial charge on any atom is 0.319 e. The van der Waals surface area contributed by atoms with Gasteiger partial charge in [0.05, 0.1) is 6.61 Å². The number of aromatic nitrogens is 2. The summed E-state index contributed by atoms with van der Waals surface area (Å²) in [6.45, 7) is 4.56. The lowest BCUT2D eigenvalue weighted by atomic mass is 9.97. The van der Waals surface area contributed by atoms with Gasteiger partial charge < -0.3 is 4.74 Å². The van der Waals surface area contributed by atoms with Crippen molar-refractivity contribution < 1.29 is 9.53 Å². The highest BCUT2D eigenvalue weighted by Gasteiger charge is 2.23. The van der Waals surface area contributed by atoms with Crippen LogP contribution >= 0.6 is 23.1 Å². The van der Waals surface area contributed by atoms with Gasteiger partial charge in [0.15, 0.2) is 0 Å². The Morgan fingerprint density at radius 2 is 2.17 bits per heavy atom. The number of nitrogens with zero attached hydrogens (tertiary/aromatic N) is 2.